The summed E-state index contributed by atoms with van der Waals surface area (Å²) in [7, 11) is 0. The van der Waals surface area contributed by atoms with Crippen molar-refractivity contribution in [2.24, 2.45) is 5.73 Å². The molecule has 1 atom stereocenters. The van der Waals surface area contributed by atoms with Crippen LogP contribution in [0.5, 0.6) is 0 Å². The van der Waals surface area contributed by atoms with Crippen LogP contribution in [0.25, 0.3) is 11.3 Å². The highest BCUT2D eigenvalue weighted by atomic mass is 14.8. The van der Waals surface area contributed by atoms with Crippen molar-refractivity contribution in [2.45, 2.75) is 19.4 Å². The molecule has 3 heteroatoms. The molecule has 0 radical (unpaired) electrons. The molecular formula is C13H15N3. The van der Waals surface area contributed by atoms with Crippen LogP contribution >= 0.6 is 0 Å². The standard InChI is InChI=1S/C13H15N3/c1-10(14)7-11-3-2-4-12(8-11)13-9-15-5-6-16-13/h2-6,8-10H,7,14H2,1H3. The number of hydrogen-bond acceptors (Lipinski definition) is 3. The van der Waals surface area contributed by atoms with Gasteiger partial charge in [-0.25, -0.2) is 0 Å². The van der Waals surface area contributed by atoms with E-state index in [0.29, 0.717) is 0 Å². The lowest BCUT2D eigenvalue weighted by Gasteiger charge is -2.07. The number of nitrogens with two attached hydrogens (primary N) is 1. The van der Waals surface area contributed by atoms with Crippen molar-refractivity contribution >= 4 is 0 Å². The third-order valence-electron chi connectivity index (χ3n) is 2.34. The fourth-order valence-corrected chi connectivity index (χ4v) is 1.68. The van der Waals surface area contributed by atoms with Gasteiger partial charge in [0, 0.05) is 24.0 Å². The molecule has 1 heterocycles. The van der Waals surface area contributed by atoms with Crippen LogP contribution in [0.15, 0.2) is 42.9 Å². The van der Waals surface area contributed by atoms with Gasteiger partial charge >= 0.3 is 0 Å². The first kappa shape index (κ1) is 10.8. The largest absolute Gasteiger partial charge is 0.328 e. The van der Waals surface area contributed by atoms with Gasteiger partial charge < -0.3 is 5.73 Å². The van der Waals surface area contributed by atoms with E-state index in [1.165, 1.54) is 5.56 Å². The predicted octanol–water partition coefficient (Wildman–Crippen LogP) is 2.03. The Morgan fingerprint density at radius 2 is 2.19 bits per heavy atom. The van der Waals surface area contributed by atoms with Crippen molar-refractivity contribution in [3.63, 3.8) is 0 Å². The van der Waals surface area contributed by atoms with Crippen molar-refractivity contribution in [1.82, 2.24) is 9.97 Å². The van der Waals surface area contributed by atoms with E-state index in [1.54, 1.807) is 18.6 Å². The Hall–Kier alpha value is -1.74. The molecule has 0 fully saturated rings. The Labute approximate surface area is 95.4 Å². The van der Waals surface area contributed by atoms with Gasteiger partial charge in [-0.3, -0.25) is 9.97 Å². The van der Waals surface area contributed by atoms with Crippen LogP contribution in [-0.4, -0.2) is 16.0 Å². The molecule has 0 aliphatic heterocycles. The molecule has 0 bridgehead atoms. The van der Waals surface area contributed by atoms with Gasteiger partial charge in [0.2, 0.25) is 0 Å². The van der Waals surface area contributed by atoms with Crippen LogP contribution in [0.3, 0.4) is 0 Å². The van der Waals surface area contributed by atoms with Gasteiger partial charge in [0.05, 0.1) is 11.9 Å². The fraction of sp³-hybridized carbons (Fsp3) is 0.231. The van der Waals surface area contributed by atoms with Gasteiger partial charge in [0.25, 0.3) is 0 Å². The second-order valence-electron chi connectivity index (χ2n) is 3.97. The lowest BCUT2D eigenvalue weighted by atomic mass is 10.0. The molecule has 0 spiro atoms. The van der Waals surface area contributed by atoms with Crippen molar-refractivity contribution in [1.29, 1.82) is 0 Å². The van der Waals surface area contributed by atoms with Gasteiger partial charge in [-0.2, -0.15) is 0 Å². The third kappa shape index (κ3) is 2.64. The minimum absolute atomic E-state index is 0.178. The maximum atomic E-state index is 5.79. The predicted molar refractivity (Wildman–Crippen MR) is 64.8 cm³/mol. The van der Waals surface area contributed by atoms with Crippen LogP contribution in [-0.2, 0) is 6.42 Å². The van der Waals surface area contributed by atoms with Crippen LogP contribution in [0.2, 0.25) is 0 Å². The molecule has 3 nitrogen and oxygen atoms in total. The maximum absolute atomic E-state index is 5.79. The number of hydrogen-bond donors (Lipinski definition) is 1. The molecule has 1 aromatic carbocycles. The number of nitrogens with zero attached hydrogens (tertiary/aromatic N) is 2. The van der Waals surface area contributed by atoms with E-state index < -0.39 is 0 Å². The molecule has 1 aromatic heterocycles. The summed E-state index contributed by atoms with van der Waals surface area (Å²) in [6.45, 7) is 2.01. The Morgan fingerprint density at radius 1 is 1.31 bits per heavy atom. The topological polar surface area (TPSA) is 51.8 Å². The monoisotopic (exact) mass is 213 g/mol. The van der Waals surface area contributed by atoms with Gasteiger partial charge in [0.1, 0.15) is 0 Å². The lowest BCUT2D eigenvalue weighted by Crippen LogP contribution is -2.17. The molecule has 0 aliphatic rings. The first-order valence-electron chi connectivity index (χ1n) is 5.36. The van der Waals surface area contributed by atoms with E-state index in [2.05, 4.69) is 22.1 Å². The number of rotatable bonds is 3. The first-order chi connectivity index (χ1) is 7.75. The second kappa shape index (κ2) is 4.86. The number of aromatic nitrogens is 2. The van der Waals surface area contributed by atoms with Gasteiger partial charge in [-0.05, 0) is 25.0 Å². The average Bonchev–Trinajstić information content (AvgIpc) is 2.30. The molecule has 2 aromatic rings. The third-order valence-corrected chi connectivity index (χ3v) is 2.34. The molecule has 0 saturated heterocycles. The second-order valence-corrected chi connectivity index (χ2v) is 3.97. The first-order valence-corrected chi connectivity index (χ1v) is 5.36. The Balaban J connectivity index is 2.29. The van der Waals surface area contributed by atoms with Crippen molar-refractivity contribution in [2.75, 3.05) is 0 Å². The van der Waals surface area contributed by atoms with Crippen LogP contribution in [0.4, 0.5) is 0 Å². The minimum atomic E-state index is 0.178. The van der Waals surface area contributed by atoms with Crippen LogP contribution in [0, 0.1) is 0 Å². The van der Waals surface area contributed by atoms with Gasteiger partial charge in [0.15, 0.2) is 0 Å². The highest BCUT2D eigenvalue weighted by Crippen LogP contribution is 2.17. The average molecular weight is 213 g/mol. The van der Waals surface area contributed by atoms with Crippen molar-refractivity contribution < 1.29 is 0 Å². The van der Waals surface area contributed by atoms with Crippen molar-refractivity contribution in [3.8, 4) is 11.3 Å². The van der Waals surface area contributed by atoms with E-state index in [1.807, 2.05) is 19.1 Å². The molecule has 16 heavy (non-hydrogen) atoms. The summed E-state index contributed by atoms with van der Waals surface area (Å²) < 4.78 is 0. The van der Waals surface area contributed by atoms with E-state index in [0.717, 1.165) is 17.7 Å². The van der Waals surface area contributed by atoms with Gasteiger partial charge in [-0.15, -0.1) is 0 Å². The van der Waals surface area contributed by atoms with E-state index in [-0.39, 0.29) is 6.04 Å². The van der Waals surface area contributed by atoms with E-state index >= 15 is 0 Å². The molecule has 82 valence electrons. The zero-order valence-corrected chi connectivity index (χ0v) is 9.30. The zero-order valence-electron chi connectivity index (χ0n) is 9.30. The molecular weight excluding hydrogens is 198 g/mol. The van der Waals surface area contributed by atoms with Gasteiger partial charge in [-0.1, -0.05) is 18.2 Å². The normalized spacial score (nSPS) is 12.4. The smallest absolute Gasteiger partial charge is 0.0885 e. The maximum Gasteiger partial charge on any atom is 0.0885 e. The Bertz CT molecular complexity index is 452. The van der Waals surface area contributed by atoms with Crippen molar-refractivity contribution in [3.05, 3.63) is 48.4 Å². The van der Waals surface area contributed by atoms with Crippen LogP contribution in [0.1, 0.15) is 12.5 Å². The summed E-state index contributed by atoms with van der Waals surface area (Å²) >= 11 is 0. The highest BCUT2D eigenvalue weighted by molar-refractivity contribution is 5.58. The quantitative estimate of drug-likeness (QED) is 0.848. The zero-order chi connectivity index (χ0) is 11.4. The molecule has 0 aliphatic carbocycles. The fourth-order valence-electron chi connectivity index (χ4n) is 1.68. The SMILES string of the molecule is CC(N)Cc1cccc(-c2cnccn2)c1. The van der Waals surface area contributed by atoms with E-state index in [4.69, 9.17) is 5.73 Å². The molecule has 2 N–H and O–H groups in total. The number of benzene rings is 1. The minimum Gasteiger partial charge on any atom is -0.328 e. The van der Waals surface area contributed by atoms with E-state index in [9.17, 15) is 0 Å². The molecule has 0 saturated carbocycles. The lowest BCUT2D eigenvalue weighted by molar-refractivity contribution is 0.738. The Morgan fingerprint density at radius 3 is 2.88 bits per heavy atom. The summed E-state index contributed by atoms with van der Waals surface area (Å²) in [6, 6.07) is 8.45. The summed E-state index contributed by atoms with van der Waals surface area (Å²) in [5, 5.41) is 0. The molecule has 1 unspecified atom stereocenters. The summed E-state index contributed by atoms with van der Waals surface area (Å²) in [4.78, 5) is 8.34. The Kier molecular flexibility index (Phi) is 3.27. The molecule has 2 rings (SSSR count). The summed E-state index contributed by atoms with van der Waals surface area (Å²) in [6.07, 6.45) is 6.03. The summed E-state index contributed by atoms with van der Waals surface area (Å²) in [5.41, 5.74) is 9.01. The summed E-state index contributed by atoms with van der Waals surface area (Å²) in [5.74, 6) is 0. The highest BCUT2D eigenvalue weighted by Gasteiger charge is 2.02. The molecule has 0 amide bonds. The van der Waals surface area contributed by atoms with Crippen LogP contribution < -0.4 is 5.73 Å².